The number of hydrogen-bond acceptors (Lipinski definition) is 3. The van der Waals surface area contributed by atoms with Gasteiger partial charge in [0.05, 0.1) is 6.10 Å². The molecule has 1 aliphatic carbocycles. The van der Waals surface area contributed by atoms with E-state index >= 15 is 0 Å². The molecule has 2 rings (SSSR count). The van der Waals surface area contributed by atoms with Crippen molar-refractivity contribution in [3.05, 3.63) is 23.7 Å². The standard InChI is InChI=1S/C12H16F3NO2/c13-12(14,15)10-2-1-9(18-10)11(7-16)5-3-8(17)4-6-11/h1-2,8,17H,3-7,16H2. The van der Waals surface area contributed by atoms with E-state index in [1.807, 2.05) is 0 Å². The normalized spacial score (nSPS) is 29.5. The van der Waals surface area contributed by atoms with Crippen molar-refractivity contribution in [1.82, 2.24) is 0 Å². The molecular formula is C12H16F3NO2. The molecule has 0 unspecified atom stereocenters. The van der Waals surface area contributed by atoms with Gasteiger partial charge in [-0.15, -0.1) is 0 Å². The lowest BCUT2D eigenvalue weighted by Gasteiger charge is -2.36. The van der Waals surface area contributed by atoms with E-state index in [-0.39, 0.29) is 18.4 Å². The van der Waals surface area contributed by atoms with Crippen molar-refractivity contribution >= 4 is 0 Å². The van der Waals surface area contributed by atoms with Gasteiger partial charge in [-0.05, 0) is 37.8 Å². The summed E-state index contributed by atoms with van der Waals surface area (Å²) in [6.07, 6.45) is -2.67. The van der Waals surface area contributed by atoms with Gasteiger partial charge in [0, 0.05) is 12.0 Å². The minimum atomic E-state index is -4.47. The van der Waals surface area contributed by atoms with Gasteiger partial charge in [0.25, 0.3) is 0 Å². The fourth-order valence-electron chi connectivity index (χ4n) is 2.48. The second-order valence-corrected chi connectivity index (χ2v) is 4.88. The maximum absolute atomic E-state index is 12.5. The minimum Gasteiger partial charge on any atom is -0.456 e. The van der Waals surface area contributed by atoms with Crippen LogP contribution in [-0.2, 0) is 11.6 Å². The van der Waals surface area contributed by atoms with Crippen molar-refractivity contribution in [3.63, 3.8) is 0 Å². The van der Waals surface area contributed by atoms with Crippen LogP contribution in [0.5, 0.6) is 0 Å². The third-order valence-corrected chi connectivity index (χ3v) is 3.71. The number of alkyl halides is 3. The van der Waals surface area contributed by atoms with Gasteiger partial charge in [0.1, 0.15) is 5.76 Å². The number of hydrogen-bond donors (Lipinski definition) is 2. The molecule has 6 heteroatoms. The van der Waals surface area contributed by atoms with Crippen LogP contribution in [0.3, 0.4) is 0 Å². The number of aliphatic hydroxyl groups is 1. The number of aliphatic hydroxyl groups excluding tert-OH is 1. The predicted molar refractivity (Wildman–Crippen MR) is 58.9 cm³/mol. The zero-order chi connectivity index (χ0) is 13.4. The summed E-state index contributed by atoms with van der Waals surface area (Å²) in [4.78, 5) is 0. The Labute approximate surface area is 103 Å². The lowest BCUT2D eigenvalue weighted by Crippen LogP contribution is -2.39. The molecule has 1 aromatic heterocycles. The summed E-state index contributed by atoms with van der Waals surface area (Å²) < 4.78 is 42.4. The van der Waals surface area contributed by atoms with Gasteiger partial charge in [0.2, 0.25) is 5.76 Å². The molecule has 1 aromatic rings. The highest BCUT2D eigenvalue weighted by atomic mass is 19.4. The van der Waals surface area contributed by atoms with Crippen LogP contribution in [0.15, 0.2) is 16.5 Å². The Morgan fingerprint density at radius 1 is 1.33 bits per heavy atom. The molecule has 3 nitrogen and oxygen atoms in total. The molecule has 1 heterocycles. The molecule has 1 aliphatic rings. The molecule has 3 N–H and O–H groups in total. The highest BCUT2D eigenvalue weighted by molar-refractivity contribution is 5.20. The van der Waals surface area contributed by atoms with E-state index in [9.17, 15) is 18.3 Å². The molecule has 0 atom stereocenters. The predicted octanol–water partition coefficient (Wildman–Crippen LogP) is 2.43. The Balaban J connectivity index is 2.25. The van der Waals surface area contributed by atoms with Crippen LogP contribution in [0.1, 0.15) is 37.2 Å². The van der Waals surface area contributed by atoms with E-state index in [4.69, 9.17) is 10.2 Å². The van der Waals surface area contributed by atoms with Crippen LogP contribution in [-0.4, -0.2) is 17.8 Å². The first-order valence-corrected chi connectivity index (χ1v) is 5.93. The summed E-state index contributed by atoms with van der Waals surface area (Å²) in [6, 6.07) is 2.30. The minimum absolute atomic E-state index is 0.227. The number of halogens is 3. The summed E-state index contributed by atoms with van der Waals surface area (Å²) in [7, 11) is 0. The molecule has 0 aliphatic heterocycles. The van der Waals surface area contributed by atoms with E-state index in [0.717, 1.165) is 6.07 Å². The van der Waals surface area contributed by atoms with Gasteiger partial charge >= 0.3 is 6.18 Å². The van der Waals surface area contributed by atoms with Crippen molar-refractivity contribution in [2.24, 2.45) is 5.73 Å². The van der Waals surface area contributed by atoms with Crippen molar-refractivity contribution in [1.29, 1.82) is 0 Å². The van der Waals surface area contributed by atoms with Crippen LogP contribution in [0.2, 0.25) is 0 Å². The van der Waals surface area contributed by atoms with E-state index < -0.39 is 17.4 Å². The molecule has 1 saturated carbocycles. The molecule has 0 saturated heterocycles. The van der Waals surface area contributed by atoms with Crippen LogP contribution in [0.25, 0.3) is 0 Å². The molecule has 0 amide bonds. The largest absolute Gasteiger partial charge is 0.456 e. The zero-order valence-corrected chi connectivity index (χ0v) is 9.83. The Hall–Kier alpha value is -1.01. The van der Waals surface area contributed by atoms with Gasteiger partial charge in [0.15, 0.2) is 0 Å². The van der Waals surface area contributed by atoms with Gasteiger partial charge < -0.3 is 15.3 Å². The van der Waals surface area contributed by atoms with Crippen molar-refractivity contribution in [2.75, 3.05) is 6.54 Å². The maximum atomic E-state index is 12.5. The summed E-state index contributed by atoms with van der Waals surface area (Å²) in [6.45, 7) is 0.227. The van der Waals surface area contributed by atoms with Gasteiger partial charge in [-0.3, -0.25) is 0 Å². The lowest BCUT2D eigenvalue weighted by molar-refractivity contribution is -0.153. The van der Waals surface area contributed by atoms with Crippen molar-refractivity contribution < 1.29 is 22.7 Å². The molecule has 0 bridgehead atoms. The Bertz CT molecular complexity index is 406. The average molecular weight is 263 g/mol. The summed E-state index contributed by atoms with van der Waals surface area (Å²) in [5.41, 5.74) is 5.14. The highest BCUT2D eigenvalue weighted by Crippen LogP contribution is 2.41. The molecule has 0 aromatic carbocycles. The molecule has 1 fully saturated rings. The van der Waals surface area contributed by atoms with Gasteiger partial charge in [-0.25, -0.2) is 0 Å². The zero-order valence-electron chi connectivity index (χ0n) is 9.83. The van der Waals surface area contributed by atoms with Crippen molar-refractivity contribution in [3.8, 4) is 0 Å². The first kappa shape index (κ1) is 13.4. The Morgan fingerprint density at radius 3 is 2.39 bits per heavy atom. The second kappa shape index (κ2) is 4.59. The van der Waals surface area contributed by atoms with Gasteiger partial charge in [-0.2, -0.15) is 13.2 Å². The second-order valence-electron chi connectivity index (χ2n) is 4.88. The van der Waals surface area contributed by atoms with E-state index in [0.29, 0.717) is 25.7 Å². The summed E-state index contributed by atoms with van der Waals surface area (Å²) in [5, 5.41) is 9.47. The highest BCUT2D eigenvalue weighted by Gasteiger charge is 2.41. The first-order chi connectivity index (χ1) is 8.37. The van der Waals surface area contributed by atoms with E-state index in [1.165, 1.54) is 6.07 Å². The van der Waals surface area contributed by atoms with E-state index in [1.54, 1.807) is 0 Å². The van der Waals surface area contributed by atoms with Crippen LogP contribution < -0.4 is 5.73 Å². The Morgan fingerprint density at radius 2 is 1.94 bits per heavy atom. The fraction of sp³-hybridized carbons (Fsp3) is 0.667. The molecular weight excluding hydrogens is 247 g/mol. The quantitative estimate of drug-likeness (QED) is 0.861. The van der Waals surface area contributed by atoms with Crippen molar-refractivity contribution in [2.45, 2.75) is 43.4 Å². The van der Waals surface area contributed by atoms with Gasteiger partial charge in [-0.1, -0.05) is 0 Å². The third-order valence-electron chi connectivity index (χ3n) is 3.71. The van der Waals surface area contributed by atoms with Crippen LogP contribution in [0, 0.1) is 0 Å². The third kappa shape index (κ3) is 2.40. The average Bonchev–Trinajstić information content (AvgIpc) is 2.80. The summed E-state index contributed by atoms with van der Waals surface area (Å²) >= 11 is 0. The summed E-state index contributed by atoms with van der Waals surface area (Å²) in [5.74, 6) is -0.708. The number of nitrogens with two attached hydrogens (primary N) is 1. The SMILES string of the molecule is NCC1(c2ccc(C(F)(F)F)o2)CCC(O)CC1. The topological polar surface area (TPSA) is 59.4 Å². The fourth-order valence-corrected chi connectivity index (χ4v) is 2.48. The molecule has 18 heavy (non-hydrogen) atoms. The maximum Gasteiger partial charge on any atom is 0.449 e. The lowest BCUT2D eigenvalue weighted by atomic mass is 9.71. The molecule has 102 valence electrons. The Kier molecular flexibility index (Phi) is 3.42. The van der Waals surface area contributed by atoms with E-state index in [2.05, 4.69) is 0 Å². The molecule has 0 radical (unpaired) electrons. The number of rotatable bonds is 2. The van der Waals surface area contributed by atoms with Crippen LogP contribution in [0.4, 0.5) is 13.2 Å². The molecule has 0 spiro atoms. The first-order valence-electron chi connectivity index (χ1n) is 5.93. The number of furan rings is 1. The monoisotopic (exact) mass is 263 g/mol. The smallest absolute Gasteiger partial charge is 0.449 e. The van der Waals surface area contributed by atoms with Crippen LogP contribution >= 0.6 is 0 Å².